The van der Waals surface area contributed by atoms with Gasteiger partial charge in [-0.2, -0.15) is 0 Å². The van der Waals surface area contributed by atoms with E-state index in [1.807, 2.05) is 0 Å². The first-order chi connectivity index (χ1) is 34.1. The van der Waals surface area contributed by atoms with E-state index in [-0.39, 0.29) is 37.5 Å². The van der Waals surface area contributed by atoms with E-state index in [9.17, 15) is 14.4 Å². The van der Waals surface area contributed by atoms with Crippen molar-refractivity contribution in [2.45, 2.75) is 110 Å². The Kier molecular flexibility index (Phi) is 44.3. The number of rotatable bonds is 55. The number of unbranched alkanes of at least 4 members (excludes halogenated alkanes) is 14. The highest BCUT2D eigenvalue weighted by molar-refractivity contribution is 6.21. The Bertz CT molecular complexity index is 1290. The van der Waals surface area contributed by atoms with Crippen molar-refractivity contribution in [3.63, 3.8) is 0 Å². The van der Waals surface area contributed by atoms with Gasteiger partial charge in [-0.25, -0.2) is 0 Å². The predicted octanol–water partition coefficient (Wildman–Crippen LogP) is 7.29. The molecule has 0 atom stereocenters. The summed E-state index contributed by atoms with van der Waals surface area (Å²) in [7, 11) is 0. The molecular weight excluding hydrogens is 895 g/mol. The lowest BCUT2D eigenvalue weighted by Crippen LogP contribution is -2.33. The zero-order chi connectivity index (χ0) is 49.2. The van der Waals surface area contributed by atoms with Crippen LogP contribution in [0.2, 0.25) is 0 Å². The molecular formula is C52H91NO16. The average molecular weight is 986 g/mol. The van der Waals surface area contributed by atoms with Gasteiger partial charge in [0.25, 0.3) is 11.8 Å². The minimum atomic E-state index is -0.281. The molecule has 1 aliphatic heterocycles. The highest BCUT2D eigenvalue weighted by atomic mass is 16.6. The van der Waals surface area contributed by atoms with E-state index in [2.05, 4.69) is 6.92 Å². The Labute approximate surface area is 414 Å². The molecule has 69 heavy (non-hydrogen) atoms. The molecule has 400 valence electrons. The van der Waals surface area contributed by atoms with Crippen molar-refractivity contribution in [1.82, 2.24) is 4.90 Å². The van der Waals surface area contributed by atoms with Crippen LogP contribution in [-0.2, 0) is 66.4 Å². The maximum atomic E-state index is 12.3. The first kappa shape index (κ1) is 62.5. The maximum absolute atomic E-state index is 12.3. The van der Waals surface area contributed by atoms with Gasteiger partial charge in [-0.05, 0) is 18.6 Å². The second-order valence-electron chi connectivity index (χ2n) is 16.6. The van der Waals surface area contributed by atoms with E-state index in [4.69, 9.17) is 61.6 Å². The molecule has 1 aliphatic rings. The number of hydrogen-bond donors (Lipinski definition) is 0. The highest BCUT2D eigenvalue weighted by Gasteiger charge is 2.34. The normalized spacial score (nSPS) is 12.4. The van der Waals surface area contributed by atoms with Crippen LogP contribution in [0.5, 0.6) is 0 Å². The third-order valence-electron chi connectivity index (χ3n) is 10.9. The van der Waals surface area contributed by atoms with Crippen molar-refractivity contribution in [2.24, 2.45) is 0 Å². The molecule has 0 saturated carbocycles. The number of carbonyl (C=O) groups is 3. The number of carbonyl (C=O) groups excluding carboxylic acids is 3. The van der Waals surface area contributed by atoms with E-state index in [1.165, 1.54) is 88.4 Å². The summed E-state index contributed by atoms with van der Waals surface area (Å²) in [6, 6.07) is 6.82. The number of fused-ring (bicyclic) bond motifs is 1. The van der Waals surface area contributed by atoms with Crippen LogP contribution in [0.4, 0.5) is 0 Å². The van der Waals surface area contributed by atoms with Crippen molar-refractivity contribution in [2.75, 3.05) is 172 Å². The van der Waals surface area contributed by atoms with E-state index in [0.717, 1.165) is 12.8 Å². The molecule has 1 aromatic rings. The molecule has 0 fully saturated rings. The fourth-order valence-electron chi connectivity index (χ4n) is 7.05. The zero-order valence-corrected chi connectivity index (χ0v) is 42.5. The van der Waals surface area contributed by atoms with Gasteiger partial charge in [-0.15, -0.1) is 0 Å². The topological polar surface area (TPSA) is 174 Å². The molecule has 17 nitrogen and oxygen atoms in total. The predicted molar refractivity (Wildman–Crippen MR) is 262 cm³/mol. The van der Waals surface area contributed by atoms with Gasteiger partial charge in [-0.3, -0.25) is 19.3 Å². The summed E-state index contributed by atoms with van der Waals surface area (Å²) >= 11 is 0. The molecule has 0 unspecified atom stereocenters. The first-order valence-electron chi connectivity index (χ1n) is 26.2. The molecule has 0 aromatic heterocycles. The van der Waals surface area contributed by atoms with E-state index in [1.54, 1.807) is 24.3 Å². The van der Waals surface area contributed by atoms with Crippen molar-refractivity contribution >= 4 is 17.8 Å². The second kappa shape index (κ2) is 49.0. The van der Waals surface area contributed by atoms with Crippen molar-refractivity contribution in [1.29, 1.82) is 0 Å². The van der Waals surface area contributed by atoms with Gasteiger partial charge in [0.05, 0.1) is 176 Å². The van der Waals surface area contributed by atoms with Crippen molar-refractivity contribution in [3.8, 4) is 0 Å². The monoisotopic (exact) mass is 986 g/mol. The summed E-state index contributed by atoms with van der Waals surface area (Å²) in [5, 5.41) is 0. The molecule has 2 amide bonds. The lowest BCUT2D eigenvalue weighted by molar-refractivity contribution is -0.145. The summed E-state index contributed by atoms with van der Waals surface area (Å²) < 4.78 is 71.3. The number of imide groups is 1. The lowest BCUT2D eigenvalue weighted by Gasteiger charge is -2.13. The van der Waals surface area contributed by atoms with Gasteiger partial charge >= 0.3 is 5.97 Å². The molecule has 0 radical (unpaired) electrons. The van der Waals surface area contributed by atoms with Gasteiger partial charge < -0.3 is 61.6 Å². The molecule has 0 saturated heterocycles. The number of benzene rings is 1. The third-order valence-corrected chi connectivity index (χ3v) is 10.9. The van der Waals surface area contributed by atoms with Crippen LogP contribution >= 0.6 is 0 Å². The fourth-order valence-corrected chi connectivity index (χ4v) is 7.05. The van der Waals surface area contributed by atoms with Gasteiger partial charge in [0.15, 0.2) is 0 Å². The van der Waals surface area contributed by atoms with Crippen LogP contribution in [0.3, 0.4) is 0 Å². The minimum absolute atomic E-state index is 0.137. The van der Waals surface area contributed by atoms with Gasteiger partial charge in [0, 0.05) is 6.42 Å². The molecule has 0 aliphatic carbocycles. The van der Waals surface area contributed by atoms with Crippen molar-refractivity contribution in [3.05, 3.63) is 35.4 Å². The highest BCUT2D eigenvalue weighted by Crippen LogP contribution is 2.22. The third kappa shape index (κ3) is 37.8. The summed E-state index contributed by atoms with van der Waals surface area (Å²) in [5.41, 5.74) is 0.878. The van der Waals surface area contributed by atoms with Crippen LogP contribution in [0.15, 0.2) is 24.3 Å². The zero-order valence-electron chi connectivity index (χ0n) is 42.5. The van der Waals surface area contributed by atoms with E-state index >= 15 is 0 Å². The molecule has 0 bridgehead atoms. The van der Waals surface area contributed by atoms with Gasteiger partial charge in [0.2, 0.25) is 0 Å². The van der Waals surface area contributed by atoms with Crippen LogP contribution in [-0.4, -0.2) is 194 Å². The smallest absolute Gasteiger partial charge is 0.305 e. The average Bonchev–Trinajstić information content (AvgIpc) is 3.60. The quantitative estimate of drug-likeness (QED) is 0.0361. The molecule has 0 N–H and O–H groups in total. The molecule has 17 heteroatoms. The Balaban J connectivity index is 1.13. The minimum Gasteiger partial charge on any atom is -0.463 e. The van der Waals surface area contributed by atoms with Gasteiger partial charge in [-0.1, -0.05) is 109 Å². The molecule has 0 spiro atoms. The SMILES string of the molecule is CCCCCCCCCCCCCCCCCC(=O)OCCOCCOCCOCCOCCOCCOCCOCCOCCOCCOCCOCCOCCN1C(=O)c2ccccc2C1=O. The fraction of sp³-hybridized carbons (Fsp3) is 0.827. The number of ether oxygens (including phenoxy) is 13. The number of hydrogen-bond acceptors (Lipinski definition) is 16. The summed E-state index contributed by atoms with van der Waals surface area (Å²) in [5.74, 6) is -0.698. The van der Waals surface area contributed by atoms with E-state index < -0.39 is 0 Å². The van der Waals surface area contributed by atoms with Crippen LogP contribution in [0.25, 0.3) is 0 Å². The Morgan fingerprint density at radius 3 is 0.884 bits per heavy atom. The first-order valence-corrected chi connectivity index (χ1v) is 26.2. The van der Waals surface area contributed by atoms with E-state index in [0.29, 0.717) is 170 Å². The maximum Gasteiger partial charge on any atom is 0.305 e. The number of esters is 1. The second-order valence-corrected chi connectivity index (χ2v) is 16.6. The molecule has 1 aromatic carbocycles. The number of amides is 2. The van der Waals surface area contributed by atoms with Crippen LogP contribution in [0, 0.1) is 0 Å². The molecule has 1 heterocycles. The standard InChI is InChI=1S/C52H91NO16/c1-2-3-4-5-6-7-8-9-10-11-12-13-14-15-16-21-50(54)69-47-46-68-45-44-67-43-42-66-41-40-65-39-38-64-37-36-63-35-34-62-33-32-61-31-30-60-29-28-59-27-26-58-25-24-57-23-22-53-51(55)48-19-17-18-20-49(48)52(53)56/h17-20H,2-16,21-47H2,1H3. The molecule has 2 rings (SSSR count). The summed E-state index contributed by atoms with van der Waals surface area (Å²) in [6.07, 6.45) is 20.1. The van der Waals surface area contributed by atoms with Gasteiger partial charge in [0.1, 0.15) is 6.61 Å². The Morgan fingerprint density at radius 1 is 0.348 bits per heavy atom. The summed E-state index contributed by atoms with van der Waals surface area (Å²) in [4.78, 5) is 37.8. The van der Waals surface area contributed by atoms with Crippen molar-refractivity contribution < 1.29 is 76.0 Å². The number of nitrogens with zero attached hydrogens (tertiary/aromatic N) is 1. The Hall–Kier alpha value is -2.65. The lowest BCUT2D eigenvalue weighted by atomic mass is 10.0. The van der Waals surface area contributed by atoms with Crippen LogP contribution < -0.4 is 0 Å². The Morgan fingerprint density at radius 2 is 0.594 bits per heavy atom. The summed E-state index contributed by atoms with van der Waals surface area (Å²) in [6.45, 7) is 13.5. The van der Waals surface area contributed by atoms with Crippen LogP contribution in [0.1, 0.15) is 130 Å². The largest absolute Gasteiger partial charge is 0.463 e.